The van der Waals surface area contributed by atoms with E-state index < -0.39 is 11.1 Å². The number of benzene rings is 1. The van der Waals surface area contributed by atoms with E-state index >= 15 is 0 Å². The highest BCUT2D eigenvalue weighted by Crippen LogP contribution is 2.39. The molecule has 0 bridgehead atoms. The second kappa shape index (κ2) is 13.6. The second-order valence-electron chi connectivity index (χ2n) is 10.7. The number of nitrogens with zero attached hydrogens (tertiary/aromatic N) is 2. The van der Waals surface area contributed by atoms with Gasteiger partial charge in [0.25, 0.3) is 11.8 Å². The predicted molar refractivity (Wildman–Crippen MR) is 168 cm³/mol. The fourth-order valence-corrected chi connectivity index (χ4v) is 5.39. The van der Waals surface area contributed by atoms with Crippen LogP contribution in [0.4, 0.5) is 5.69 Å². The van der Waals surface area contributed by atoms with Crippen molar-refractivity contribution in [2.45, 2.75) is 24.5 Å². The molecule has 43 heavy (non-hydrogen) atoms. The Hall–Kier alpha value is -3.91. The largest absolute Gasteiger partial charge is 0.494 e. The number of aromatic nitrogens is 1. The summed E-state index contributed by atoms with van der Waals surface area (Å²) in [6, 6.07) is 5.20. The van der Waals surface area contributed by atoms with Gasteiger partial charge in [-0.05, 0) is 50.9 Å². The maximum absolute atomic E-state index is 12.8. The van der Waals surface area contributed by atoms with Gasteiger partial charge in [-0.3, -0.25) is 14.4 Å². The van der Waals surface area contributed by atoms with Gasteiger partial charge < -0.3 is 42.4 Å². The van der Waals surface area contributed by atoms with Crippen LogP contribution >= 0.6 is 11.3 Å². The Labute approximate surface area is 258 Å². The fourth-order valence-electron chi connectivity index (χ4n) is 4.54. The molecule has 1 unspecified atom stereocenters. The molecule has 1 aromatic heterocycles. The minimum absolute atomic E-state index is 0.00237. The van der Waals surface area contributed by atoms with Gasteiger partial charge >= 0.3 is 0 Å². The molecule has 1 aromatic carbocycles. The lowest BCUT2D eigenvalue weighted by atomic mass is 9.49. The average Bonchev–Trinajstić information content (AvgIpc) is 3.54. The lowest BCUT2D eigenvalue weighted by Gasteiger charge is -2.23. The zero-order chi connectivity index (χ0) is 31.3. The summed E-state index contributed by atoms with van der Waals surface area (Å²) in [5.74, 6) is -0.704. The lowest BCUT2D eigenvalue weighted by Crippen LogP contribution is -2.51. The summed E-state index contributed by atoms with van der Waals surface area (Å²) in [7, 11) is 20.1. The van der Waals surface area contributed by atoms with Crippen LogP contribution in [0, 0.1) is 11.8 Å². The van der Waals surface area contributed by atoms with Gasteiger partial charge in [-0.1, -0.05) is 11.3 Å². The summed E-state index contributed by atoms with van der Waals surface area (Å²) in [4.78, 5) is 45.0. The number of para-hydroxylation sites is 1. The minimum atomic E-state index is -2.04. The number of rotatable bonds is 12. The Bertz CT molecular complexity index is 1440. The number of allylic oxidation sites excluding steroid dienone is 1. The summed E-state index contributed by atoms with van der Waals surface area (Å²) < 4.78 is 5.71. The monoisotopic (exact) mass is 598 g/mol. The summed E-state index contributed by atoms with van der Waals surface area (Å²) >= 11 is 1.21. The van der Waals surface area contributed by atoms with Crippen molar-refractivity contribution in [1.82, 2.24) is 25.8 Å². The molecule has 1 saturated carbocycles. The molecule has 6 radical (unpaired) electrons. The Morgan fingerprint density at radius 2 is 1.95 bits per heavy atom. The average molecular weight is 598 g/mol. The van der Waals surface area contributed by atoms with Crippen molar-refractivity contribution in [2.75, 3.05) is 39.1 Å². The number of methoxy groups -OCH3 is 1. The summed E-state index contributed by atoms with van der Waals surface area (Å²) in [5.41, 5.74) is 12.8. The molecule has 1 aliphatic carbocycles. The summed E-state index contributed by atoms with van der Waals surface area (Å²) in [6.07, 6.45) is 5.41. The van der Waals surface area contributed by atoms with Gasteiger partial charge in [0.2, 0.25) is 5.91 Å². The van der Waals surface area contributed by atoms with Crippen molar-refractivity contribution >= 4 is 58.3 Å². The van der Waals surface area contributed by atoms with Crippen LogP contribution in [0.15, 0.2) is 47.7 Å². The molecule has 1 aliphatic heterocycles. The highest BCUT2D eigenvalue weighted by Gasteiger charge is 2.30. The summed E-state index contributed by atoms with van der Waals surface area (Å²) in [5, 5.41) is 9.30. The molecule has 2 aliphatic rings. The zero-order valence-electron chi connectivity index (χ0n) is 24.1. The van der Waals surface area contributed by atoms with Crippen molar-refractivity contribution in [3.8, 4) is 16.3 Å². The van der Waals surface area contributed by atoms with Gasteiger partial charge in [0.15, 0.2) is 5.75 Å². The second-order valence-corrected chi connectivity index (χ2v) is 11.8. The quantitative estimate of drug-likeness (QED) is 0.108. The third kappa shape index (κ3) is 8.80. The first kappa shape index (κ1) is 32.0. The van der Waals surface area contributed by atoms with Crippen LogP contribution in [0.5, 0.6) is 5.75 Å². The highest BCUT2D eigenvalue weighted by molar-refractivity contribution is 7.17. The van der Waals surface area contributed by atoms with E-state index in [0.29, 0.717) is 39.3 Å². The van der Waals surface area contributed by atoms with Gasteiger partial charge in [-0.15, -0.1) is 11.3 Å². The number of carbonyl (C=O) groups excluding carboxylic acids is 3. The Balaban J connectivity index is 1.59. The standard InChI is InChI=1S/C27H33B3N8O4S/c1-38-9-8-14(13-38)11-33-24(40)19-12-34-26(43-19)16-4-3-5-17(22(16)42-2)35-18(21(32)25(41)37-27(28,29)30)10-20(31)36-23(39)15-6-7-15/h3-5,10,12,14-15,35H,6-9,11,13,31-32H2,1-2H3,(H,33,40)(H,36,39)(H,37,41)/b20-10+,21-18+. The Kier molecular flexibility index (Phi) is 10.1. The van der Waals surface area contributed by atoms with E-state index in [1.54, 1.807) is 18.2 Å². The number of thiazole rings is 1. The van der Waals surface area contributed by atoms with E-state index in [0.717, 1.165) is 32.4 Å². The van der Waals surface area contributed by atoms with Gasteiger partial charge in [-0.2, -0.15) is 0 Å². The maximum atomic E-state index is 12.8. The molecular formula is C27H33B3N8O4S. The van der Waals surface area contributed by atoms with E-state index in [-0.39, 0.29) is 34.9 Å². The van der Waals surface area contributed by atoms with Crippen LogP contribution in [0.3, 0.4) is 0 Å². The SMILES string of the molecule is [B]C([B])([B])NC(=O)/C(N)=C(/C=C(\N)NC(=O)C1CC1)Nc1cccc(-c2ncc(C(=O)NCC3CCN(C)C3)s2)c1OC. The normalized spacial score (nSPS) is 18.0. The molecule has 1 saturated heterocycles. The number of carbonyl (C=O) groups is 3. The van der Waals surface area contributed by atoms with E-state index in [2.05, 4.69) is 38.2 Å². The van der Waals surface area contributed by atoms with Crippen LogP contribution in [-0.4, -0.2) is 90.2 Å². The minimum Gasteiger partial charge on any atom is -0.494 e. The molecule has 12 nitrogen and oxygen atoms in total. The van der Waals surface area contributed by atoms with Crippen molar-refractivity contribution in [3.63, 3.8) is 0 Å². The number of ether oxygens (including phenoxy) is 1. The van der Waals surface area contributed by atoms with Crippen LogP contribution in [0.1, 0.15) is 28.9 Å². The summed E-state index contributed by atoms with van der Waals surface area (Å²) in [6.45, 7) is 2.57. The molecule has 16 heteroatoms. The molecule has 8 N–H and O–H groups in total. The number of anilines is 1. The van der Waals surface area contributed by atoms with Gasteiger partial charge in [0.1, 0.15) is 21.4 Å². The number of nitrogens with two attached hydrogens (primary N) is 2. The predicted octanol–water partition coefficient (Wildman–Crippen LogP) is -0.358. The smallest absolute Gasteiger partial charge is 0.267 e. The van der Waals surface area contributed by atoms with Crippen molar-refractivity contribution in [2.24, 2.45) is 23.3 Å². The topological polar surface area (TPSA) is 177 Å². The van der Waals surface area contributed by atoms with E-state index in [1.165, 1.54) is 30.7 Å². The number of nitrogens with one attached hydrogen (secondary N) is 4. The molecule has 1 atom stereocenters. The first-order chi connectivity index (χ1) is 20.3. The Morgan fingerprint density at radius 1 is 1.21 bits per heavy atom. The van der Waals surface area contributed by atoms with Gasteiger partial charge in [0, 0.05) is 25.1 Å². The van der Waals surface area contributed by atoms with Crippen LogP contribution in [0.2, 0.25) is 0 Å². The van der Waals surface area contributed by atoms with Crippen molar-refractivity contribution in [3.05, 3.63) is 52.6 Å². The number of hydrogen-bond donors (Lipinski definition) is 6. The molecule has 2 fully saturated rings. The lowest BCUT2D eigenvalue weighted by molar-refractivity contribution is -0.121. The molecule has 0 spiro atoms. The zero-order valence-corrected chi connectivity index (χ0v) is 24.9. The molecular weight excluding hydrogens is 565 g/mol. The first-order valence-electron chi connectivity index (χ1n) is 13.7. The van der Waals surface area contributed by atoms with Gasteiger partial charge in [-0.25, -0.2) is 4.98 Å². The highest BCUT2D eigenvalue weighted by atomic mass is 32.1. The molecule has 3 amide bonds. The van der Waals surface area contributed by atoms with E-state index in [1.807, 2.05) is 0 Å². The maximum Gasteiger partial charge on any atom is 0.267 e. The Morgan fingerprint density at radius 3 is 2.58 bits per heavy atom. The van der Waals surface area contributed by atoms with E-state index in [9.17, 15) is 14.4 Å². The molecule has 4 rings (SSSR count). The van der Waals surface area contributed by atoms with E-state index in [4.69, 9.17) is 39.7 Å². The third-order valence-electron chi connectivity index (χ3n) is 6.87. The van der Waals surface area contributed by atoms with Crippen LogP contribution < -0.4 is 37.5 Å². The number of likely N-dealkylation sites (tertiary alicyclic amines) is 1. The fraction of sp³-hybridized carbons (Fsp3) is 0.407. The van der Waals surface area contributed by atoms with Gasteiger partial charge in [0.05, 0.1) is 53.8 Å². The molecule has 2 aromatic rings. The third-order valence-corrected chi connectivity index (χ3v) is 7.90. The molecule has 220 valence electrons. The number of amides is 3. The number of hydrogen-bond acceptors (Lipinski definition) is 10. The molecule has 2 heterocycles. The van der Waals surface area contributed by atoms with Crippen molar-refractivity contribution < 1.29 is 19.1 Å². The first-order valence-corrected chi connectivity index (χ1v) is 14.5. The van der Waals surface area contributed by atoms with Crippen molar-refractivity contribution in [1.29, 1.82) is 0 Å². The van der Waals surface area contributed by atoms with Crippen LogP contribution in [0.25, 0.3) is 10.6 Å². The van der Waals surface area contributed by atoms with Crippen LogP contribution in [-0.2, 0) is 9.59 Å².